The second-order valence-corrected chi connectivity index (χ2v) is 6.12. The molecular formula is C20H21FN4O. The number of urea groups is 1. The van der Waals surface area contributed by atoms with E-state index in [-0.39, 0.29) is 11.8 Å². The van der Waals surface area contributed by atoms with Crippen LogP contribution < -0.4 is 5.32 Å². The average Bonchev–Trinajstić information content (AvgIpc) is 3.14. The molecule has 5 nitrogen and oxygen atoms in total. The van der Waals surface area contributed by atoms with Crippen LogP contribution in [0.3, 0.4) is 0 Å². The minimum atomic E-state index is -0.302. The van der Waals surface area contributed by atoms with E-state index in [4.69, 9.17) is 0 Å². The van der Waals surface area contributed by atoms with E-state index < -0.39 is 0 Å². The predicted octanol–water partition coefficient (Wildman–Crippen LogP) is 3.41. The fourth-order valence-corrected chi connectivity index (χ4v) is 2.74. The van der Waals surface area contributed by atoms with Crippen molar-refractivity contribution in [2.24, 2.45) is 0 Å². The lowest BCUT2D eigenvalue weighted by molar-refractivity contribution is 0.206. The molecule has 0 aliphatic rings. The summed E-state index contributed by atoms with van der Waals surface area (Å²) in [5.74, 6) is -0.302. The Kier molecular flexibility index (Phi) is 5.63. The summed E-state index contributed by atoms with van der Waals surface area (Å²) in [7, 11) is 1.69. The highest BCUT2D eigenvalue weighted by atomic mass is 19.1. The number of nitrogens with one attached hydrogen (secondary N) is 1. The molecule has 6 heteroatoms. The molecule has 2 amide bonds. The van der Waals surface area contributed by atoms with Gasteiger partial charge in [0, 0.05) is 32.5 Å². The largest absolute Gasteiger partial charge is 0.334 e. The van der Waals surface area contributed by atoms with Crippen LogP contribution in [-0.4, -0.2) is 27.8 Å². The fourth-order valence-electron chi connectivity index (χ4n) is 2.74. The highest BCUT2D eigenvalue weighted by Gasteiger charge is 2.10. The lowest BCUT2D eigenvalue weighted by Crippen LogP contribution is -2.36. The molecule has 0 bridgehead atoms. The minimum Gasteiger partial charge on any atom is -0.334 e. The lowest BCUT2D eigenvalue weighted by Gasteiger charge is -2.19. The Balaban J connectivity index is 1.59. The Morgan fingerprint density at radius 3 is 2.69 bits per heavy atom. The third-order valence-electron chi connectivity index (χ3n) is 4.10. The van der Waals surface area contributed by atoms with E-state index in [1.807, 2.05) is 41.2 Å². The molecular weight excluding hydrogens is 331 g/mol. The SMILES string of the molecule is CN(Cc1cccc(F)c1)C(=O)NCc1ccccc1Cn1cccn1. The summed E-state index contributed by atoms with van der Waals surface area (Å²) in [4.78, 5) is 13.9. The van der Waals surface area contributed by atoms with Crippen LogP contribution in [0.15, 0.2) is 67.0 Å². The zero-order valence-corrected chi connectivity index (χ0v) is 14.6. The van der Waals surface area contributed by atoms with Gasteiger partial charge in [-0.1, -0.05) is 36.4 Å². The third-order valence-corrected chi connectivity index (χ3v) is 4.10. The first-order valence-electron chi connectivity index (χ1n) is 8.39. The zero-order chi connectivity index (χ0) is 18.4. The topological polar surface area (TPSA) is 50.2 Å². The summed E-state index contributed by atoms with van der Waals surface area (Å²) >= 11 is 0. The van der Waals surface area contributed by atoms with Crippen molar-refractivity contribution in [3.63, 3.8) is 0 Å². The predicted molar refractivity (Wildman–Crippen MR) is 97.9 cm³/mol. The quantitative estimate of drug-likeness (QED) is 0.739. The molecule has 0 atom stereocenters. The Hall–Kier alpha value is -3.15. The monoisotopic (exact) mass is 352 g/mol. The van der Waals surface area contributed by atoms with Crippen molar-refractivity contribution in [3.8, 4) is 0 Å². The van der Waals surface area contributed by atoms with Crippen LogP contribution in [0.5, 0.6) is 0 Å². The first-order chi connectivity index (χ1) is 12.6. The summed E-state index contributed by atoms with van der Waals surface area (Å²) in [5.41, 5.74) is 2.89. The number of halogens is 1. The number of hydrogen-bond donors (Lipinski definition) is 1. The smallest absolute Gasteiger partial charge is 0.317 e. The van der Waals surface area contributed by atoms with Crippen molar-refractivity contribution in [1.82, 2.24) is 20.0 Å². The molecule has 0 fully saturated rings. The zero-order valence-electron chi connectivity index (χ0n) is 14.6. The van der Waals surface area contributed by atoms with E-state index in [2.05, 4.69) is 10.4 Å². The highest BCUT2D eigenvalue weighted by molar-refractivity contribution is 5.73. The van der Waals surface area contributed by atoms with Gasteiger partial charge in [0.05, 0.1) is 6.54 Å². The van der Waals surface area contributed by atoms with E-state index in [9.17, 15) is 9.18 Å². The summed E-state index contributed by atoms with van der Waals surface area (Å²) in [6.07, 6.45) is 3.65. The number of carbonyl (C=O) groups excluding carboxylic acids is 1. The van der Waals surface area contributed by atoms with Gasteiger partial charge in [-0.3, -0.25) is 4.68 Å². The number of carbonyl (C=O) groups is 1. The van der Waals surface area contributed by atoms with Crippen LogP contribution in [0.1, 0.15) is 16.7 Å². The summed E-state index contributed by atoms with van der Waals surface area (Å²) < 4.78 is 15.1. The van der Waals surface area contributed by atoms with Crippen LogP contribution in [-0.2, 0) is 19.6 Å². The number of hydrogen-bond acceptors (Lipinski definition) is 2. The van der Waals surface area contributed by atoms with E-state index in [1.54, 1.807) is 25.4 Å². The lowest BCUT2D eigenvalue weighted by atomic mass is 10.1. The maximum absolute atomic E-state index is 13.3. The third kappa shape index (κ3) is 4.69. The van der Waals surface area contributed by atoms with Gasteiger partial charge in [-0.05, 0) is 34.9 Å². The van der Waals surface area contributed by atoms with Gasteiger partial charge in [0.1, 0.15) is 5.82 Å². The molecule has 0 spiro atoms. The fraction of sp³-hybridized carbons (Fsp3) is 0.200. The Bertz CT molecular complexity index is 864. The standard InChI is InChI=1S/C20H21FN4O/c1-24(14-16-6-4-9-19(21)12-16)20(26)22-13-17-7-2-3-8-18(17)15-25-11-5-10-23-25/h2-12H,13-15H2,1H3,(H,22,26). The average molecular weight is 352 g/mol. The summed E-state index contributed by atoms with van der Waals surface area (Å²) in [6.45, 7) is 1.42. The maximum Gasteiger partial charge on any atom is 0.317 e. The molecule has 0 saturated carbocycles. The second-order valence-electron chi connectivity index (χ2n) is 6.12. The molecule has 0 unspecified atom stereocenters. The molecule has 0 saturated heterocycles. The summed E-state index contributed by atoms with van der Waals surface area (Å²) in [5, 5.41) is 7.14. The molecule has 1 heterocycles. The molecule has 2 aromatic carbocycles. The van der Waals surface area contributed by atoms with Crippen LogP contribution >= 0.6 is 0 Å². The Morgan fingerprint density at radius 1 is 1.15 bits per heavy atom. The molecule has 134 valence electrons. The van der Waals surface area contributed by atoms with Gasteiger partial charge >= 0.3 is 6.03 Å². The second kappa shape index (κ2) is 8.29. The van der Waals surface area contributed by atoms with E-state index in [0.717, 1.165) is 16.7 Å². The van der Waals surface area contributed by atoms with Gasteiger partial charge < -0.3 is 10.2 Å². The molecule has 0 aliphatic heterocycles. The van der Waals surface area contributed by atoms with Gasteiger partial charge in [-0.2, -0.15) is 5.10 Å². The summed E-state index contributed by atoms with van der Waals surface area (Å²) in [6, 6.07) is 15.9. The number of amides is 2. The molecule has 1 aromatic heterocycles. The van der Waals surface area contributed by atoms with E-state index in [1.165, 1.54) is 17.0 Å². The first-order valence-corrected chi connectivity index (χ1v) is 8.39. The van der Waals surface area contributed by atoms with E-state index in [0.29, 0.717) is 19.6 Å². The first kappa shape index (κ1) is 17.7. The normalized spacial score (nSPS) is 10.5. The van der Waals surface area contributed by atoms with Crippen molar-refractivity contribution < 1.29 is 9.18 Å². The molecule has 0 radical (unpaired) electrons. The Morgan fingerprint density at radius 2 is 1.96 bits per heavy atom. The van der Waals surface area contributed by atoms with Crippen molar-refractivity contribution in [3.05, 3.63) is 89.5 Å². The Labute approximate surface area is 152 Å². The van der Waals surface area contributed by atoms with Gasteiger partial charge in [-0.25, -0.2) is 9.18 Å². The van der Waals surface area contributed by atoms with Gasteiger partial charge in [0.25, 0.3) is 0 Å². The van der Waals surface area contributed by atoms with E-state index >= 15 is 0 Å². The number of aromatic nitrogens is 2. The van der Waals surface area contributed by atoms with Gasteiger partial charge in [-0.15, -0.1) is 0 Å². The molecule has 26 heavy (non-hydrogen) atoms. The van der Waals surface area contributed by atoms with Gasteiger partial charge in [0.2, 0.25) is 0 Å². The van der Waals surface area contributed by atoms with Crippen molar-refractivity contribution >= 4 is 6.03 Å². The van der Waals surface area contributed by atoms with Crippen molar-refractivity contribution in [2.45, 2.75) is 19.6 Å². The maximum atomic E-state index is 13.3. The number of benzene rings is 2. The van der Waals surface area contributed by atoms with Crippen LogP contribution in [0, 0.1) is 5.82 Å². The van der Waals surface area contributed by atoms with Crippen molar-refractivity contribution in [2.75, 3.05) is 7.05 Å². The molecule has 3 rings (SSSR count). The van der Waals surface area contributed by atoms with Crippen LogP contribution in [0.4, 0.5) is 9.18 Å². The van der Waals surface area contributed by atoms with Crippen LogP contribution in [0.2, 0.25) is 0 Å². The molecule has 1 N–H and O–H groups in total. The van der Waals surface area contributed by atoms with Gasteiger partial charge in [0.15, 0.2) is 0 Å². The number of rotatable bonds is 6. The van der Waals surface area contributed by atoms with Crippen molar-refractivity contribution in [1.29, 1.82) is 0 Å². The minimum absolute atomic E-state index is 0.205. The molecule has 0 aliphatic carbocycles. The highest BCUT2D eigenvalue weighted by Crippen LogP contribution is 2.11. The number of nitrogens with zero attached hydrogens (tertiary/aromatic N) is 3. The molecule has 3 aromatic rings. The van der Waals surface area contributed by atoms with Crippen LogP contribution in [0.25, 0.3) is 0 Å².